The van der Waals surface area contributed by atoms with Crippen LogP contribution in [0.4, 0.5) is 0 Å². The van der Waals surface area contributed by atoms with Crippen molar-refractivity contribution in [1.29, 1.82) is 0 Å². The zero-order chi connectivity index (χ0) is 19.4. The molecule has 0 spiro atoms. The zero-order valence-electron chi connectivity index (χ0n) is 16.7. The van der Waals surface area contributed by atoms with E-state index in [-0.39, 0.29) is 23.2 Å². The van der Waals surface area contributed by atoms with Crippen LogP contribution in [0, 0.1) is 5.41 Å². The van der Waals surface area contributed by atoms with Crippen LogP contribution in [0.15, 0.2) is 18.2 Å². The highest BCUT2D eigenvalue weighted by Crippen LogP contribution is 2.41. The molecule has 146 valence electrons. The first kappa shape index (κ1) is 21.1. The van der Waals surface area contributed by atoms with Crippen LogP contribution in [0.1, 0.15) is 89.7 Å². The average molecular weight is 379 g/mol. The van der Waals surface area contributed by atoms with E-state index in [1.807, 2.05) is 32.0 Å². The minimum Gasteiger partial charge on any atom is -0.508 e. The summed E-state index contributed by atoms with van der Waals surface area (Å²) in [7, 11) is 0. The van der Waals surface area contributed by atoms with Gasteiger partial charge in [0.2, 0.25) is 0 Å². The van der Waals surface area contributed by atoms with E-state index in [4.69, 9.17) is 4.74 Å². The minimum absolute atomic E-state index is 0.0871. The molecule has 1 aliphatic rings. The van der Waals surface area contributed by atoms with Gasteiger partial charge in [0.1, 0.15) is 11.4 Å². The van der Waals surface area contributed by atoms with Gasteiger partial charge in [0, 0.05) is 11.3 Å². The summed E-state index contributed by atoms with van der Waals surface area (Å²) in [5.41, 5.74) is 1.10. The van der Waals surface area contributed by atoms with E-state index in [9.17, 15) is 9.90 Å². The Hall–Kier alpha value is -1.16. The molecule has 1 atom stereocenters. The number of benzene rings is 1. The lowest BCUT2D eigenvalue weighted by molar-refractivity contribution is -0.171. The van der Waals surface area contributed by atoms with Gasteiger partial charge >= 0.3 is 5.97 Å². The third-order valence-electron chi connectivity index (χ3n) is 6.02. The highest BCUT2D eigenvalue weighted by molar-refractivity contribution is 7.79. The Morgan fingerprint density at radius 2 is 1.96 bits per heavy atom. The third-order valence-corrected chi connectivity index (χ3v) is 6.36. The largest absolute Gasteiger partial charge is 0.508 e. The Morgan fingerprint density at radius 1 is 1.31 bits per heavy atom. The van der Waals surface area contributed by atoms with Crippen molar-refractivity contribution in [3.8, 4) is 5.75 Å². The molecule has 0 heterocycles. The molecule has 2 rings (SSSR count). The molecule has 0 aliphatic heterocycles. The number of hydrogen-bond donors (Lipinski definition) is 2. The van der Waals surface area contributed by atoms with Crippen LogP contribution in [0.25, 0.3) is 0 Å². The Kier molecular flexibility index (Phi) is 7.06. The lowest BCUT2D eigenvalue weighted by atomic mass is 9.78. The van der Waals surface area contributed by atoms with Crippen molar-refractivity contribution in [2.75, 3.05) is 0 Å². The predicted octanol–water partition coefficient (Wildman–Crippen LogP) is 6.00. The van der Waals surface area contributed by atoms with E-state index in [0.29, 0.717) is 12.2 Å². The van der Waals surface area contributed by atoms with Crippen LogP contribution in [0.2, 0.25) is 0 Å². The van der Waals surface area contributed by atoms with Crippen molar-refractivity contribution in [2.45, 2.75) is 89.9 Å². The Morgan fingerprint density at radius 3 is 2.46 bits per heavy atom. The second-order valence-electron chi connectivity index (χ2n) is 8.37. The first-order chi connectivity index (χ1) is 12.3. The van der Waals surface area contributed by atoms with Gasteiger partial charge in [-0.1, -0.05) is 26.0 Å². The zero-order valence-corrected chi connectivity index (χ0v) is 17.6. The van der Waals surface area contributed by atoms with Gasteiger partial charge in [0.25, 0.3) is 0 Å². The summed E-state index contributed by atoms with van der Waals surface area (Å²) < 4.78 is 6.06. The van der Waals surface area contributed by atoms with Gasteiger partial charge in [-0.2, -0.15) is 12.6 Å². The number of ether oxygens (including phenoxy) is 1. The van der Waals surface area contributed by atoms with E-state index < -0.39 is 5.41 Å². The molecular weight excluding hydrogens is 344 g/mol. The molecule has 1 fully saturated rings. The summed E-state index contributed by atoms with van der Waals surface area (Å²) in [6.07, 6.45) is 6.79. The highest BCUT2D eigenvalue weighted by atomic mass is 32.1. The smallest absolute Gasteiger partial charge is 0.312 e. The summed E-state index contributed by atoms with van der Waals surface area (Å²) in [6, 6.07) is 5.80. The standard InChI is InChI=1S/C22H34O3S/c1-5-16(17-9-10-18(15-26)19(23)13-17)14-21(3,4)20(24)25-22(6-2)11-7-8-12-22/h9-10,13,16,23,26H,5-8,11-12,14-15H2,1-4H3. The number of phenolic OH excluding ortho intramolecular Hbond substituents is 1. The van der Waals surface area contributed by atoms with Gasteiger partial charge in [-0.05, 0) is 76.3 Å². The first-order valence-corrected chi connectivity index (χ1v) is 10.6. The fraction of sp³-hybridized carbons (Fsp3) is 0.682. The number of hydrogen-bond acceptors (Lipinski definition) is 4. The topological polar surface area (TPSA) is 46.5 Å². The minimum atomic E-state index is -0.552. The number of phenols is 1. The number of aromatic hydroxyl groups is 1. The Labute approximate surface area is 163 Å². The highest BCUT2D eigenvalue weighted by Gasteiger charge is 2.41. The maximum Gasteiger partial charge on any atom is 0.312 e. The molecule has 0 radical (unpaired) electrons. The lowest BCUT2D eigenvalue weighted by Gasteiger charge is -2.34. The molecule has 1 aromatic carbocycles. The SMILES string of the molecule is CCC(CC(C)(C)C(=O)OC1(CC)CCCC1)c1ccc(CS)c(O)c1. The van der Waals surface area contributed by atoms with E-state index >= 15 is 0 Å². The monoisotopic (exact) mass is 378 g/mol. The number of thiol groups is 1. The summed E-state index contributed by atoms with van der Waals surface area (Å²) in [4.78, 5) is 13.0. The summed E-state index contributed by atoms with van der Waals surface area (Å²) in [5, 5.41) is 10.2. The van der Waals surface area contributed by atoms with E-state index in [0.717, 1.165) is 49.7 Å². The summed E-state index contributed by atoms with van der Waals surface area (Å²) >= 11 is 4.24. The molecule has 3 nitrogen and oxygen atoms in total. The van der Waals surface area contributed by atoms with Gasteiger partial charge in [-0.15, -0.1) is 0 Å². The van der Waals surface area contributed by atoms with Gasteiger partial charge < -0.3 is 9.84 Å². The molecule has 0 saturated heterocycles. The van der Waals surface area contributed by atoms with Crippen LogP contribution in [-0.4, -0.2) is 16.7 Å². The summed E-state index contributed by atoms with van der Waals surface area (Å²) in [5.74, 6) is 0.918. The fourth-order valence-corrected chi connectivity index (χ4v) is 4.32. The molecule has 0 aromatic heterocycles. The Bertz CT molecular complexity index is 618. The molecule has 1 aromatic rings. The molecule has 0 bridgehead atoms. The molecule has 1 unspecified atom stereocenters. The van der Waals surface area contributed by atoms with Gasteiger partial charge in [-0.25, -0.2) is 0 Å². The molecule has 1 aliphatic carbocycles. The lowest BCUT2D eigenvalue weighted by Crippen LogP contribution is -2.38. The van der Waals surface area contributed by atoms with Crippen molar-refractivity contribution in [3.05, 3.63) is 29.3 Å². The maximum atomic E-state index is 13.0. The van der Waals surface area contributed by atoms with Gasteiger partial charge in [-0.3, -0.25) is 4.79 Å². The number of carbonyl (C=O) groups is 1. The van der Waals surface area contributed by atoms with Crippen LogP contribution in [-0.2, 0) is 15.3 Å². The van der Waals surface area contributed by atoms with Crippen molar-refractivity contribution < 1.29 is 14.6 Å². The molecule has 4 heteroatoms. The van der Waals surface area contributed by atoms with Crippen LogP contribution in [0.3, 0.4) is 0 Å². The third kappa shape index (κ3) is 4.76. The van der Waals surface area contributed by atoms with Crippen LogP contribution in [0.5, 0.6) is 5.75 Å². The van der Waals surface area contributed by atoms with E-state index in [1.54, 1.807) is 0 Å². The first-order valence-electron chi connectivity index (χ1n) is 9.93. The van der Waals surface area contributed by atoms with Crippen molar-refractivity contribution in [2.24, 2.45) is 5.41 Å². The van der Waals surface area contributed by atoms with Crippen molar-refractivity contribution >= 4 is 18.6 Å². The van der Waals surface area contributed by atoms with Crippen molar-refractivity contribution in [3.63, 3.8) is 0 Å². The van der Waals surface area contributed by atoms with Gasteiger partial charge in [0.15, 0.2) is 0 Å². The second kappa shape index (κ2) is 8.69. The summed E-state index contributed by atoms with van der Waals surface area (Å²) in [6.45, 7) is 8.21. The quantitative estimate of drug-likeness (QED) is 0.431. The number of rotatable bonds is 8. The van der Waals surface area contributed by atoms with E-state index in [1.165, 1.54) is 0 Å². The second-order valence-corrected chi connectivity index (χ2v) is 8.69. The Balaban J connectivity index is 2.12. The van der Waals surface area contributed by atoms with Crippen molar-refractivity contribution in [1.82, 2.24) is 0 Å². The van der Waals surface area contributed by atoms with E-state index in [2.05, 4.69) is 26.5 Å². The fourth-order valence-electron chi connectivity index (χ4n) is 4.05. The van der Waals surface area contributed by atoms with Crippen LogP contribution < -0.4 is 0 Å². The predicted molar refractivity (Wildman–Crippen MR) is 110 cm³/mol. The number of esters is 1. The maximum absolute atomic E-state index is 13.0. The number of carbonyl (C=O) groups excluding carboxylic acids is 1. The average Bonchev–Trinajstić information content (AvgIpc) is 3.08. The molecule has 1 saturated carbocycles. The molecule has 1 N–H and O–H groups in total. The molecule has 26 heavy (non-hydrogen) atoms. The van der Waals surface area contributed by atoms with Gasteiger partial charge in [0.05, 0.1) is 5.41 Å². The molecular formula is C22H34O3S. The normalized spacial score (nSPS) is 17.9. The molecule has 0 amide bonds. The van der Waals surface area contributed by atoms with Crippen LogP contribution >= 0.6 is 12.6 Å².